The molecule has 0 fully saturated rings. The van der Waals surface area contributed by atoms with Gasteiger partial charge in [-0.1, -0.05) is 13.8 Å². The van der Waals surface area contributed by atoms with Gasteiger partial charge in [0.2, 0.25) is 5.91 Å². The van der Waals surface area contributed by atoms with E-state index in [1.54, 1.807) is 6.07 Å². The number of amides is 1. The fraction of sp³-hybridized carbons (Fsp3) is 0.417. The van der Waals surface area contributed by atoms with Crippen molar-refractivity contribution in [2.24, 2.45) is 5.92 Å². The molecule has 1 aromatic carbocycles. The molecule has 15 heavy (non-hydrogen) atoms. The average molecular weight is 207 g/mol. The van der Waals surface area contributed by atoms with Crippen molar-refractivity contribution >= 4 is 11.6 Å². The number of carbonyl (C=O) groups excluding carboxylic acids is 1. The van der Waals surface area contributed by atoms with Crippen molar-refractivity contribution < 1.29 is 9.18 Å². The molecular weight excluding hydrogens is 193 g/mol. The van der Waals surface area contributed by atoms with Gasteiger partial charge >= 0.3 is 0 Å². The van der Waals surface area contributed by atoms with Gasteiger partial charge in [-0.15, -0.1) is 0 Å². The summed E-state index contributed by atoms with van der Waals surface area (Å²) >= 11 is 0. The van der Waals surface area contributed by atoms with E-state index in [-0.39, 0.29) is 17.6 Å². The number of benzene rings is 1. The first kappa shape index (κ1) is 10.1. The van der Waals surface area contributed by atoms with Gasteiger partial charge in [-0.2, -0.15) is 0 Å². The minimum Gasteiger partial charge on any atom is -0.325 e. The maximum absolute atomic E-state index is 13.2. The Balaban J connectivity index is 2.63. The van der Waals surface area contributed by atoms with Crippen LogP contribution in [-0.2, 0) is 10.2 Å². The molecule has 1 N–H and O–H groups in total. The van der Waals surface area contributed by atoms with Crippen molar-refractivity contribution in [3.8, 4) is 0 Å². The zero-order chi connectivity index (χ0) is 11.2. The third-order valence-electron chi connectivity index (χ3n) is 3.42. The Morgan fingerprint density at radius 2 is 2.07 bits per heavy atom. The summed E-state index contributed by atoms with van der Waals surface area (Å²) in [5.74, 6) is -0.198. The molecule has 0 aliphatic carbocycles. The van der Waals surface area contributed by atoms with Crippen molar-refractivity contribution in [2.75, 3.05) is 5.32 Å². The lowest BCUT2D eigenvalue weighted by atomic mass is 9.74. The molecule has 1 heterocycles. The normalized spacial score (nSPS) is 24.2. The van der Waals surface area contributed by atoms with Crippen molar-refractivity contribution in [3.63, 3.8) is 0 Å². The van der Waals surface area contributed by atoms with E-state index >= 15 is 0 Å². The molecular formula is C12H14FNO. The van der Waals surface area contributed by atoms with E-state index in [0.717, 1.165) is 11.3 Å². The molecule has 1 aliphatic rings. The molecule has 0 spiro atoms. The zero-order valence-electron chi connectivity index (χ0n) is 9.10. The highest BCUT2D eigenvalue weighted by molar-refractivity contribution is 6.06. The van der Waals surface area contributed by atoms with Crippen molar-refractivity contribution in [3.05, 3.63) is 29.6 Å². The molecule has 3 heteroatoms. The average Bonchev–Trinajstić information content (AvgIpc) is 2.42. The van der Waals surface area contributed by atoms with Crippen LogP contribution >= 0.6 is 0 Å². The number of fused-ring (bicyclic) bond motifs is 1. The van der Waals surface area contributed by atoms with Gasteiger partial charge in [-0.3, -0.25) is 4.79 Å². The molecule has 0 unspecified atom stereocenters. The topological polar surface area (TPSA) is 29.1 Å². The summed E-state index contributed by atoms with van der Waals surface area (Å²) in [7, 11) is 0. The summed E-state index contributed by atoms with van der Waals surface area (Å²) in [5.41, 5.74) is 0.886. The summed E-state index contributed by atoms with van der Waals surface area (Å²) in [6.07, 6.45) is 0. The predicted molar refractivity (Wildman–Crippen MR) is 57.2 cm³/mol. The zero-order valence-corrected chi connectivity index (χ0v) is 9.10. The standard InChI is InChI=1S/C12H14FNO/c1-7(2)12(3)9-6-8(13)4-5-10(9)14-11(12)15/h4-7H,1-3H3,(H,14,15)/t12-/m1/s1. The van der Waals surface area contributed by atoms with Crippen LogP contribution in [0.3, 0.4) is 0 Å². The largest absolute Gasteiger partial charge is 0.325 e. The first-order valence-corrected chi connectivity index (χ1v) is 5.07. The summed E-state index contributed by atoms with van der Waals surface area (Å²) in [6, 6.07) is 4.44. The molecule has 0 radical (unpaired) electrons. The monoisotopic (exact) mass is 207 g/mol. The lowest BCUT2D eigenvalue weighted by Gasteiger charge is -2.26. The van der Waals surface area contributed by atoms with Crippen LogP contribution in [0.25, 0.3) is 0 Å². The second kappa shape index (κ2) is 3.05. The quantitative estimate of drug-likeness (QED) is 0.753. The minimum atomic E-state index is -0.614. The van der Waals surface area contributed by atoms with E-state index in [2.05, 4.69) is 5.32 Å². The maximum atomic E-state index is 13.2. The number of rotatable bonds is 1. The number of hydrogen-bond donors (Lipinski definition) is 1. The van der Waals surface area contributed by atoms with Gasteiger partial charge in [0.15, 0.2) is 0 Å². The molecule has 1 atom stereocenters. The van der Waals surface area contributed by atoms with Crippen LogP contribution in [0.15, 0.2) is 18.2 Å². The molecule has 2 rings (SSSR count). The second-order valence-electron chi connectivity index (χ2n) is 4.50. The van der Waals surface area contributed by atoms with Crippen LogP contribution < -0.4 is 5.32 Å². The Morgan fingerprint density at radius 1 is 1.40 bits per heavy atom. The lowest BCUT2D eigenvalue weighted by Crippen LogP contribution is -2.36. The molecule has 1 aliphatic heterocycles. The number of carbonyl (C=O) groups is 1. The van der Waals surface area contributed by atoms with E-state index in [1.807, 2.05) is 20.8 Å². The van der Waals surface area contributed by atoms with Crippen LogP contribution in [0.5, 0.6) is 0 Å². The van der Waals surface area contributed by atoms with Gasteiger partial charge in [0.05, 0.1) is 5.41 Å². The smallest absolute Gasteiger partial charge is 0.235 e. The van der Waals surface area contributed by atoms with Gasteiger partial charge in [0.25, 0.3) is 0 Å². The van der Waals surface area contributed by atoms with Crippen LogP contribution in [0, 0.1) is 11.7 Å². The first-order valence-electron chi connectivity index (χ1n) is 5.07. The van der Waals surface area contributed by atoms with Gasteiger partial charge < -0.3 is 5.32 Å². The maximum Gasteiger partial charge on any atom is 0.235 e. The van der Waals surface area contributed by atoms with Crippen molar-refractivity contribution in [1.82, 2.24) is 0 Å². The van der Waals surface area contributed by atoms with Crippen LogP contribution in [0.1, 0.15) is 26.3 Å². The third-order valence-corrected chi connectivity index (χ3v) is 3.42. The highest BCUT2D eigenvalue weighted by Crippen LogP contribution is 2.42. The van der Waals surface area contributed by atoms with Crippen LogP contribution in [-0.4, -0.2) is 5.91 Å². The Bertz CT molecular complexity index is 428. The summed E-state index contributed by atoms with van der Waals surface area (Å²) in [6.45, 7) is 5.80. The van der Waals surface area contributed by atoms with E-state index in [9.17, 15) is 9.18 Å². The molecule has 80 valence electrons. The third kappa shape index (κ3) is 1.26. The van der Waals surface area contributed by atoms with Crippen LogP contribution in [0.2, 0.25) is 0 Å². The number of hydrogen-bond acceptors (Lipinski definition) is 1. The Morgan fingerprint density at radius 3 is 2.67 bits per heavy atom. The highest BCUT2D eigenvalue weighted by Gasteiger charge is 2.45. The van der Waals surface area contributed by atoms with Gasteiger partial charge in [0.1, 0.15) is 5.82 Å². The first-order chi connectivity index (χ1) is 6.96. The van der Waals surface area contributed by atoms with E-state index in [1.165, 1.54) is 12.1 Å². The van der Waals surface area contributed by atoms with E-state index in [0.29, 0.717) is 0 Å². The van der Waals surface area contributed by atoms with Gasteiger partial charge in [0, 0.05) is 5.69 Å². The van der Waals surface area contributed by atoms with Crippen LogP contribution in [0.4, 0.5) is 10.1 Å². The Labute approximate surface area is 88.5 Å². The van der Waals surface area contributed by atoms with Gasteiger partial charge in [-0.25, -0.2) is 4.39 Å². The number of halogens is 1. The molecule has 0 saturated heterocycles. The Kier molecular flexibility index (Phi) is 2.07. The van der Waals surface area contributed by atoms with Gasteiger partial charge in [-0.05, 0) is 36.6 Å². The molecule has 0 bridgehead atoms. The lowest BCUT2D eigenvalue weighted by molar-refractivity contribution is -0.121. The number of anilines is 1. The number of nitrogens with one attached hydrogen (secondary N) is 1. The molecule has 1 aromatic rings. The summed E-state index contributed by atoms with van der Waals surface area (Å²) < 4.78 is 13.2. The predicted octanol–water partition coefficient (Wildman–Crippen LogP) is 2.69. The fourth-order valence-corrected chi connectivity index (χ4v) is 2.00. The minimum absolute atomic E-state index is 0.0434. The van der Waals surface area contributed by atoms with Crippen molar-refractivity contribution in [1.29, 1.82) is 0 Å². The SMILES string of the molecule is CC(C)[C@@]1(C)C(=O)Nc2ccc(F)cc21. The second-order valence-corrected chi connectivity index (χ2v) is 4.50. The van der Waals surface area contributed by atoms with E-state index < -0.39 is 5.41 Å². The van der Waals surface area contributed by atoms with Crippen molar-refractivity contribution in [2.45, 2.75) is 26.2 Å². The molecule has 2 nitrogen and oxygen atoms in total. The summed E-state index contributed by atoms with van der Waals surface area (Å²) in [5, 5.41) is 2.79. The summed E-state index contributed by atoms with van der Waals surface area (Å²) in [4.78, 5) is 11.9. The molecule has 0 saturated carbocycles. The fourth-order valence-electron chi connectivity index (χ4n) is 2.00. The molecule has 0 aromatic heterocycles. The molecule has 1 amide bonds. The highest BCUT2D eigenvalue weighted by atomic mass is 19.1. The van der Waals surface area contributed by atoms with E-state index in [4.69, 9.17) is 0 Å². The Hall–Kier alpha value is -1.38.